The Morgan fingerprint density at radius 1 is 1.47 bits per heavy atom. The zero-order chi connectivity index (χ0) is 10.8. The summed E-state index contributed by atoms with van der Waals surface area (Å²) < 4.78 is 0. The predicted molar refractivity (Wildman–Crippen MR) is 59.7 cm³/mol. The highest BCUT2D eigenvalue weighted by Gasteiger charge is 2.30. The summed E-state index contributed by atoms with van der Waals surface area (Å²) in [5.74, 6) is 0.187. The quantitative estimate of drug-likeness (QED) is 0.685. The van der Waals surface area contributed by atoms with Gasteiger partial charge in [0, 0.05) is 18.6 Å². The van der Waals surface area contributed by atoms with E-state index in [1.807, 2.05) is 6.92 Å². The fourth-order valence-corrected chi connectivity index (χ4v) is 2.04. The first-order valence-corrected chi connectivity index (χ1v) is 5.91. The standard InChI is InChI=1S/C11H21N3O/c1-8(11(15)13-9-3-4-9)14(2)10-5-6-12-7-10/h8-10,12H,3-7H2,1-2H3,(H,13,15). The SMILES string of the molecule is CC(C(=O)NC1CC1)N(C)C1CCNC1. The molecule has 1 amide bonds. The van der Waals surface area contributed by atoms with Gasteiger partial charge in [-0.2, -0.15) is 0 Å². The summed E-state index contributed by atoms with van der Waals surface area (Å²) >= 11 is 0. The van der Waals surface area contributed by atoms with Crippen molar-refractivity contribution in [2.45, 2.75) is 44.3 Å². The van der Waals surface area contributed by atoms with E-state index in [9.17, 15) is 4.79 Å². The van der Waals surface area contributed by atoms with E-state index in [1.54, 1.807) is 0 Å². The molecule has 2 fully saturated rings. The Bertz CT molecular complexity index is 234. The highest BCUT2D eigenvalue weighted by molar-refractivity contribution is 5.81. The Balaban J connectivity index is 1.81. The second kappa shape index (κ2) is 4.49. The lowest BCUT2D eigenvalue weighted by molar-refractivity contribution is -0.126. The fourth-order valence-electron chi connectivity index (χ4n) is 2.04. The molecule has 2 N–H and O–H groups in total. The van der Waals surface area contributed by atoms with Gasteiger partial charge in [-0.15, -0.1) is 0 Å². The monoisotopic (exact) mass is 211 g/mol. The zero-order valence-electron chi connectivity index (χ0n) is 9.62. The number of likely N-dealkylation sites (N-methyl/N-ethyl adjacent to an activating group) is 1. The second-order valence-corrected chi connectivity index (χ2v) is 4.77. The van der Waals surface area contributed by atoms with Gasteiger partial charge in [0.2, 0.25) is 5.91 Å². The van der Waals surface area contributed by atoms with Gasteiger partial charge in [-0.3, -0.25) is 9.69 Å². The lowest BCUT2D eigenvalue weighted by atomic mass is 10.1. The number of nitrogens with one attached hydrogen (secondary N) is 2. The molecule has 1 saturated carbocycles. The van der Waals surface area contributed by atoms with Crippen LogP contribution in [0.5, 0.6) is 0 Å². The summed E-state index contributed by atoms with van der Waals surface area (Å²) in [6.45, 7) is 4.08. The molecule has 0 bridgehead atoms. The van der Waals surface area contributed by atoms with Crippen molar-refractivity contribution in [2.24, 2.45) is 0 Å². The van der Waals surface area contributed by atoms with Gasteiger partial charge in [-0.1, -0.05) is 0 Å². The van der Waals surface area contributed by atoms with Gasteiger partial charge in [-0.25, -0.2) is 0 Å². The van der Waals surface area contributed by atoms with E-state index in [4.69, 9.17) is 0 Å². The van der Waals surface area contributed by atoms with Crippen LogP contribution in [0.3, 0.4) is 0 Å². The van der Waals surface area contributed by atoms with E-state index < -0.39 is 0 Å². The van der Waals surface area contributed by atoms with E-state index in [1.165, 1.54) is 0 Å². The van der Waals surface area contributed by atoms with Gasteiger partial charge in [0.1, 0.15) is 0 Å². The van der Waals surface area contributed by atoms with Crippen LogP contribution in [0.1, 0.15) is 26.2 Å². The van der Waals surface area contributed by atoms with Crippen LogP contribution in [0, 0.1) is 0 Å². The number of hydrogen-bond donors (Lipinski definition) is 2. The molecular weight excluding hydrogens is 190 g/mol. The van der Waals surface area contributed by atoms with Gasteiger partial charge in [0.05, 0.1) is 6.04 Å². The molecule has 0 spiro atoms. The van der Waals surface area contributed by atoms with Crippen LogP contribution in [0.15, 0.2) is 0 Å². The molecular formula is C11H21N3O. The molecule has 2 rings (SSSR count). The molecule has 86 valence electrons. The molecule has 0 aromatic heterocycles. The maximum absolute atomic E-state index is 11.8. The highest BCUT2D eigenvalue weighted by atomic mass is 16.2. The van der Waals surface area contributed by atoms with Crippen molar-refractivity contribution < 1.29 is 4.79 Å². The summed E-state index contributed by atoms with van der Waals surface area (Å²) in [4.78, 5) is 14.0. The van der Waals surface area contributed by atoms with E-state index in [-0.39, 0.29) is 11.9 Å². The maximum atomic E-state index is 11.8. The van der Waals surface area contributed by atoms with Crippen molar-refractivity contribution >= 4 is 5.91 Å². The van der Waals surface area contributed by atoms with Crippen LogP contribution in [0.4, 0.5) is 0 Å². The van der Waals surface area contributed by atoms with E-state index in [0.717, 1.165) is 32.4 Å². The number of hydrogen-bond acceptors (Lipinski definition) is 3. The minimum absolute atomic E-state index is 0.00417. The Hall–Kier alpha value is -0.610. The lowest BCUT2D eigenvalue weighted by Crippen LogP contribution is -2.48. The largest absolute Gasteiger partial charge is 0.352 e. The van der Waals surface area contributed by atoms with Crippen molar-refractivity contribution in [3.05, 3.63) is 0 Å². The summed E-state index contributed by atoms with van der Waals surface area (Å²) in [6, 6.07) is 0.982. The summed E-state index contributed by atoms with van der Waals surface area (Å²) in [6.07, 6.45) is 3.47. The third-order valence-electron chi connectivity index (χ3n) is 3.52. The first-order chi connectivity index (χ1) is 7.18. The Kier molecular flexibility index (Phi) is 3.26. The minimum atomic E-state index is -0.00417. The predicted octanol–water partition coefficient (Wildman–Crippen LogP) is -0.0528. The van der Waals surface area contributed by atoms with E-state index >= 15 is 0 Å². The molecule has 1 saturated heterocycles. The zero-order valence-corrected chi connectivity index (χ0v) is 9.62. The third-order valence-corrected chi connectivity index (χ3v) is 3.52. The molecule has 2 atom stereocenters. The van der Waals surface area contributed by atoms with Crippen LogP contribution >= 0.6 is 0 Å². The summed E-state index contributed by atoms with van der Waals surface area (Å²) in [7, 11) is 2.05. The summed E-state index contributed by atoms with van der Waals surface area (Å²) in [5.41, 5.74) is 0. The molecule has 1 aliphatic heterocycles. The first kappa shape index (κ1) is 10.9. The topological polar surface area (TPSA) is 44.4 Å². The Morgan fingerprint density at radius 3 is 2.73 bits per heavy atom. The number of carbonyl (C=O) groups is 1. The summed E-state index contributed by atoms with van der Waals surface area (Å²) in [5, 5.41) is 6.38. The van der Waals surface area contributed by atoms with Crippen LogP contribution in [-0.2, 0) is 4.79 Å². The third kappa shape index (κ3) is 2.69. The molecule has 0 radical (unpaired) electrons. The number of carbonyl (C=O) groups excluding carboxylic acids is 1. The van der Waals surface area contributed by atoms with E-state index in [2.05, 4.69) is 22.6 Å². The van der Waals surface area contributed by atoms with Crippen LogP contribution < -0.4 is 10.6 Å². The average molecular weight is 211 g/mol. The maximum Gasteiger partial charge on any atom is 0.237 e. The molecule has 15 heavy (non-hydrogen) atoms. The molecule has 0 aromatic rings. The van der Waals surface area contributed by atoms with E-state index in [0.29, 0.717) is 12.1 Å². The molecule has 4 nitrogen and oxygen atoms in total. The van der Waals surface area contributed by atoms with Crippen molar-refractivity contribution in [1.82, 2.24) is 15.5 Å². The van der Waals surface area contributed by atoms with Gasteiger partial charge < -0.3 is 10.6 Å². The van der Waals surface area contributed by atoms with Gasteiger partial charge in [-0.05, 0) is 39.8 Å². The highest BCUT2D eigenvalue weighted by Crippen LogP contribution is 2.19. The van der Waals surface area contributed by atoms with Crippen LogP contribution in [-0.4, -0.2) is 49.1 Å². The molecule has 2 unspecified atom stereocenters. The average Bonchev–Trinajstić information content (AvgIpc) is 2.86. The van der Waals surface area contributed by atoms with Crippen LogP contribution in [0.25, 0.3) is 0 Å². The molecule has 2 aliphatic rings. The van der Waals surface area contributed by atoms with Crippen molar-refractivity contribution in [3.8, 4) is 0 Å². The second-order valence-electron chi connectivity index (χ2n) is 4.77. The Morgan fingerprint density at radius 2 is 2.20 bits per heavy atom. The Labute approximate surface area is 91.4 Å². The lowest BCUT2D eigenvalue weighted by Gasteiger charge is -2.29. The number of rotatable bonds is 4. The fraction of sp³-hybridized carbons (Fsp3) is 0.909. The molecule has 1 aliphatic carbocycles. The number of amides is 1. The number of nitrogens with zero attached hydrogens (tertiary/aromatic N) is 1. The normalized spacial score (nSPS) is 28.1. The first-order valence-electron chi connectivity index (χ1n) is 5.91. The minimum Gasteiger partial charge on any atom is -0.352 e. The molecule has 4 heteroatoms. The van der Waals surface area contributed by atoms with Crippen molar-refractivity contribution in [2.75, 3.05) is 20.1 Å². The van der Waals surface area contributed by atoms with Crippen molar-refractivity contribution in [1.29, 1.82) is 0 Å². The van der Waals surface area contributed by atoms with Crippen LogP contribution in [0.2, 0.25) is 0 Å². The molecule has 1 heterocycles. The van der Waals surface area contributed by atoms with Gasteiger partial charge in [0.15, 0.2) is 0 Å². The van der Waals surface area contributed by atoms with Crippen molar-refractivity contribution in [3.63, 3.8) is 0 Å². The molecule has 0 aromatic carbocycles. The van der Waals surface area contributed by atoms with Gasteiger partial charge in [0.25, 0.3) is 0 Å². The smallest absolute Gasteiger partial charge is 0.237 e. The van der Waals surface area contributed by atoms with Gasteiger partial charge >= 0.3 is 0 Å².